The van der Waals surface area contributed by atoms with Crippen LogP contribution in [0.5, 0.6) is 0 Å². The molecule has 94 valence electrons. The molecule has 0 aliphatic rings. The van der Waals surface area contributed by atoms with Gasteiger partial charge in [0.25, 0.3) is 5.91 Å². The predicted molar refractivity (Wildman–Crippen MR) is 65.5 cm³/mol. The van der Waals surface area contributed by atoms with Crippen molar-refractivity contribution >= 4 is 29.1 Å². The van der Waals surface area contributed by atoms with E-state index in [1.165, 1.54) is 6.07 Å². The van der Waals surface area contributed by atoms with Crippen molar-refractivity contribution in [2.45, 2.75) is 20.0 Å². The minimum Gasteiger partial charge on any atom is -0.377 e. The van der Waals surface area contributed by atoms with Crippen LogP contribution < -0.4 is 5.32 Å². The van der Waals surface area contributed by atoms with E-state index in [0.29, 0.717) is 13.2 Å². The molecule has 5 nitrogen and oxygen atoms in total. The predicted octanol–water partition coefficient (Wildman–Crippen LogP) is 1.94. The smallest absolute Gasteiger partial charge is 0.254 e. The van der Waals surface area contributed by atoms with Gasteiger partial charge < -0.3 is 10.1 Å². The second-order valence-electron chi connectivity index (χ2n) is 3.35. The molecule has 1 unspecified atom stereocenters. The van der Waals surface area contributed by atoms with Crippen LogP contribution in [0.2, 0.25) is 10.3 Å². The van der Waals surface area contributed by atoms with E-state index >= 15 is 0 Å². The number of hydrogen-bond acceptors (Lipinski definition) is 4. The number of ether oxygens (including phenoxy) is 1. The van der Waals surface area contributed by atoms with Gasteiger partial charge in [-0.25, -0.2) is 0 Å². The minimum atomic E-state index is -0.349. The van der Waals surface area contributed by atoms with Gasteiger partial charge in [0.05, 0.1) is 11.7 Å². The molecule has 0 spiro atoms. The van der Waals surface area contributed by atoms with Crippen molar-refractivity contribution in [3.63, 3.8) is 0 Å². The van der Waals surface area contributed by atoms with Crippen molar-refractivity contribution in [1.29, 1.82) is 0 Å². The Hall–Kier alpha value is -0.910. The van der Waals surface area contributed by atoms with Crippen molar-refractivity contribution in [3.05, 3.63) is 21.9 Å². The maximum absolute atomic E-state index is 11.7. The number of carbonyl (C=O) groups is 1. The third-order valence-corrected chi connectivity index (χ3v) is 2.43. The summed E-state index contributed by atoms with van der Waals surface area (Å²) >= 11 is 11.4. The molecule has 1 heterocycles. The van der Waals surface area contributed by atoms with Crippen molar-refractivity contribution in [2.75, 3.05) is 13.2 Å². The molecule has 1 amide bonds. The van der Waals surface area contributed by atoms with E-state index in [0.717, 1.165) is 0 Å². The maximum atomic E-state index is 11.7. The number of aromatic nitrogens is 2. The summed E-state index contributed by atoms with van der Waals surface area (Å²) in [5.41, 5.74) is 0.204. The molecule has 0 saturated carbocycles. The first-order valence-corrected chi connectivity index (χ1v) is 5.88. The Balaban J connectivity index is 2.61. The third kappa shape index (κ3) is 4.46. The molecule has 1 aromatic heterocycles. The van der Waals surface area contributed by atoms with Gasteiger partial charge in [0.2, 0.25) is 0 Å². The normalized spacial score (nSPS) is 12.2. The Morgan fingerprint density at radius 2 is 2.24 bits per heavy atom. The SMILES string of the molecule is CCOC(C)CNC(=O)c1cc(Cl)nnc1Cl. The molecule has 0 saturated heterocycles. The second-order valence-corrected chi connectivity index (χ2v) is 4.09. The number of amides is 1. The van der Waals surface area contributed by atoms with Gasteiger partial charge in [0.1, 0.15) is 0 Å². The second kappa shape index (κ2) is 6.74. The van der Waals surface area contributed by atoms with Crippen LogP contribution in [0.1, 0.15) is 24.2 Å². The van der Waals surface area contributed by atoms with Crippen LogP contribution in [0.4, 0.5) is 0 Å². The summed E-state index contributed by atoms with van der Waals surface area (Å²) in [6.45, 7) is 4.74. The van der Waals surface area contributed by atoms with Gasteiger partial charge in [0, 0.05) is 13.2 Å². The standard InChI is InChI=1S/C10H13Cl2N3O2/c1-3-17-6(2)5-13-10(16)7-4-8(11)14-15-9(7)12/h4,6H,3,5H2,1-2H3,(H,13,16). The molecule has 1 N–H and O–H groups in total. The Morgan fingerprint density at radius 3 is 2.88 bits per heavy atom. The van der Waals surface area contributed by atoms with Crippen LogP contribution in [-0.4, -0.2) is 35.4 Å². The fourth-order valence-electron chi connectivity index (χ4n) is 1.19. The summed E-state index contributed by atoms with van der Waals surface area (Å²) in [6.07, 6.45) is -0.0620. The Bertz CT molecular complexity index is 401. The molecule has 7 heteroatoms. The van der Waals surface area contributed by atoms with Crippen LogP contribution in [-0.2, 0) is 4.74 Å². The number of carbonyl (C=O) groups excluding carboxylic acids is 1. The summed E-state index contributed by atoms with van der Waals surface area (Å²) in [7, 11) is 0. The molecule has 0 bridgehead atoms. The Morgan fingerprint density at radius 1 is 1.53 bits per heavy atom. The van der Waals surface area contributed by atoms with Gasteiger partial charge in [-0.3, -0.25) is 4.79 Å². The molecular formula is C10H13Cl2N3O2. The summed E-state index contributed by atoms with van der Waals surface area (Å²) in [5.74, 6) is -0.349. The zero-order valence-corrected chi connectivity index (χ0v) is 11.0. The van der Waals surface area contributed by atoms with Gasteiger partial charge in [-0.05, 0) is 19.9 Å². The molecule has 0 radical (unpaired) electrons. The van der Waals surface area contributed by atoms with Gasteiger partial charge in [-0.1, -0.05) is 23.2 Å². The fraction of sp³-hybridized carbons (Fsp3) is 0.500. The van der Waals surface area contributed by atoms with Crippen molar-refractivity contribution < 1.29 is 9.53 Å². The molecule has 0 fully saturated rings. The van der Waals surface area contributed by atoms with Crippen molar-refractivity contribution in [2.24, 2.45) is 0 Å². The van der Waals surface area contributed by atoms with Crippen LogP contribution in [0.3, 0.4) is 0 Å². The van der Waals surface area contributed by atoms with E-state index < -0.39 is 0 Å². The highest BCUT2D eigenvalue weighted by Crippen LogP contribution is 2.14. The first-order chi connectivity index (χ1) is 8.04. The number of nitrogens with one attached hydrogen (secondary N) is 1. The molecular weight excluding hydrogens is 265 g/mol. The molecule has 0 aliphatic carbocycles. The molecule has 1 aromatic rings. The number of hydrogen-bond donors (Lipinski definition) is 1. The van der Waals surface area contributed by atoms with Crippen LogP contribution >= 0.6 is 23.2 Å². The average molecular weight is 278 g/mol. The van der Waals surface area contributed by atoms with E-state index in [-0.39, 0.29) is 27.9 Å². The summed E-state index contributed by atoms with van der Waals surface area (Å²) in [5, 5.41) is 9.90. The highest BCUT2D eigenvalue weighted by molar-refractivity contribution is 6.34. The molecule has 1 atom stereocenters. The lowest BCUT2D eigenvalue weighted by molar-refractivity contribution is 0.0695. The lowest BCUT2D eigenvalue weighted by Crippen LogP contribution is -2.32. The van der Waals surface area contributed by atoms with Crippen LogP contribution in [0.25, 0.3) is 0 Å². The molecule has 1 rings (SSSR count). The van der Waals surface area contributed by atoms with Crippen LogP contribution in [0, 0.1) is 0 Å². The minimum absolute atomic E-state index is 0.0240. The molecule has 0 aromatic carbocycles. The van der Waals surface area contributed by atoms with Crippen molar-refractivity contribution in [3.8, 4) is 0 Å². The lowest BCUT2D eigenvalue weighted by atomic mass is 10.3. The Kier molecular flexibility index (Phi) is 5.61. The number of halogens is 2. The number of nitrogens with zero attached hydrogens (tertiary/aromatic N) is 2. The van der Waals surface area contributed by atoms with Gasteiger partial charge in [-0.2, -0.15) is 0 Å². The Labute approximate surface area is 109 Å². The average Bonchev–Trinajstić information content (AvgIpc) is 2.29. The quantitative estimate of drug-likeness (QED) is 0.894. The topological polar surface area (TPSA) is 64.1 Å². The summed E-state index contributed by atoms with van der Waals surface area (Å²) in [4.78, 5) is 11.7. The zero-order chi connectivity index (χ0) is 12.8. The first kappa shape index (κ1) is 14.2. The fourth-order valence-corrected chi connectivity index (χ4v) is 1.51. The first-order valence-electron chi connectivity index (χ1n) is 5.13. The van der Waals surface area contributed by atoms with Gasteiger partial charge in [-0.15, -0.1) is 10.2 Å². The summed E-state index contributed by atoms with van der Waals surface area (Å²) in [6, 6.07) is 1.37. The summed E-state index contributed by atoms with van der Waals surface area (Å²) < 4.78 is 5.28. The maximum Gasteiger partial charge on any atom is 0.254 e. The largest absolute Gasteiger partial charge is 0.377 e. The number of rotatable bonds is 5. The molecule has 17 heavy (non-hydrogen) atoms. The van der Waals surface area contributed by atoms with E-state index in [4.69, 9.17) is 27.9 Å². The van der Waals surface area contributed by atoms with Gasteiger partial charge >= 0.3 is 0 Å². The van der Waals surface area contributed by atoms with Crippen molar-refractivity contribution in [1.82, 2.24) is 15.5 Å². The highest BCUT2D eigenvalue weighted by Gasteiger charge is 2.13. The molecule has 0 aliphatic heterocycles. The third-order valence-electron chi connectivity index (χ3n) is 1.96. The zero-order valence-electron chi connectivity index (χ0n) is 9.54. The van der Waals surface area contributed by atoms with Crippen LogP contribution in [0.15, 0.2) is 6.07 Å². The van der Waals surface area contributed by atoms with E-state index in [2.05, 4.69) is 15.5 Å². The highest BCUT2D eigenvalue weighted by atomic mass is 35.5. The van der Waals surface area contributed by atoms with E-state index in [1.807, 2.05) is 13.8 Å². The van der Waals surface area contributed by atoms with E-state index in [1.54, 1.807) is 0 Å². The lowest BCUT2D eigenvalue weighted by Gasteiger charge is -2.12. The van der Waals surface area contributed by atoms with E-state index in [9.17, 15) is 4.79 Å². The van der Waals surface area contributed by atoms with Gasteiger partial charge in [0.15, 0.2) is 10.3 Å². The monoisotopic (exact) mass is 277 g/mol.